The zero-order chi connectivity index (χ0) is 25.7. The van der Waals surface area contributed by atoms with Gasteiger partial charge in [0.15, 0.2) is 0 Å². The second-order valence-corrected chi connectivity index (χ2v) is 10.9. The lowest BCUT2D eigenvalue weighted by Gasteiger charge is -2.29. The van der Waals surface area contributed by atoms with E-state index in [1.165, 1.54) is 6.42 Å². The largest absolute Gasteiger partial charge is 0.459 e. The van der Waals surface area contributed by atoms with Crippen molar-refractivity contribution < 1.29 is 14.3 Å². The first kappa shape index (κ1) is 25.9. The number of hydrogen-bond donors (Lipinski definition) is 0. The average molecular weight is 490 g/mol. The highest BCUT2D eigenvalue weighted by molar-refractivity contribution is 5.97. The lowest BCUT2D eigenvalue weighted by Crippen LogP contribution is -2.36. The van der Waals surface area contributed by atoms with Crippen LogP contribution in [0.2, 0.25) is 0 Å². The number of carbonyl (C=O) groups is 2. The number of anilines is 1. The van der Waals surface area contributed by atoms with Crippen molar-refractivity contribution >= 4 is 28.6 Å². The van der Waals surface area contributed by atoms with Crippen molar-refractivity contribution in [2.45, 2.75) is 91.3 Å². The standard InChI is InChI=1S/C30H39N3O3/c1-5-12-27-31-25-19-24(17-18-26(25)33(27)21-28(34)36-30(2,3)4)32(20-22-13-8-6-9-14-22)29(35)23-15-10-7-11-16-23/h6,8-9,13-14,17-19,23H,5,7,10-12,15-16,20-21H2,1-4H3. The number of aromatic nitrogens is 2. The van der Waals surface area contributed by atoms with Crippen molar-refractivity contribution in [1.82, 2.24) is 9.55 Å². The van der Waals surface area contributed by atoms with Crippen molar-refractivity contribution in [3.8, 4) is 0 Å². The molecule has 2 aromatic carbocycles. The number of fused-ring (bicyclic) bond motifs is 1. The quantitative estimate of drug-likeness (QED) is 0.341. The van der Waals surface area contributed by atoms with Crippen LogP contribution in [0.5, 0.6) is 0 Å². The number of hydrogen-bond acceptors (Lipinski definition) is 4. The molecule has 0 atom stereocenters. The normalized spacial score (nSPS) is 14.7. The van der Waals surface area contributed by atoms with E-state index in [1.807, 2.05) is 66.6 Å². The summed E-state index contributed by atoms with van der Waals surface area (Å²) in [5, 5.41) is 0. The first-order valence-electron chi connectivity index (χ1n) is 13.3. The molecule has 1 aliphatic carbocycles. The van der Waals surface area contributed by atoms with Crippen LogP contribution in [0.25, 0.3) is 11.0 Å². The minimum absolute atomic E-state index is 0.0681. The van der Waals surface area contributed by atoms with E-state index in [1.54, 1.807) is 0 Å². The summed E-state index contributed by atoms with van der Waals surface area (Å²) in [4.78, 5) is 33.2. The maximum atomic E-state index is 13.7. The van der Waals surface area contributed by atoms with Gasteiger partial charge in [0, 0.05) is 18.0 Å². The van der Waals surface area contributed by atoms with Crippen molar-refractivity contribution in [3.05, 3.63) is 59.9 Å². The van der Waals surface area contributed by atoms with E-state index >= 15 is 0 Å². The van der Waals surface area contributed by atoms with E-state index < -0.39 is 5.60 Å². The third-order valence-corrected chi connectivity index (χ3v) is 6.71. The van der Waals surface area contributed by atoms with Gasteiger partial charge in [-0.2, -0.15) is 0 Å². The fourth-order valence-corrected chi connectivity index (χ4v) is 5.06. The molecular formula is C30H39N3O3. The molecule has 0 bridgehead atoms. The van der Waals surface area contributed by atoms with Crippen LogP contribution in [-0.4, -0.2) is 27.0 Å². The molecule has 1 heterocycles. The summed E-state index contributed by atoms with van der Waals surface area (Å²) in [7, 11) is 0. The molecule has 6 heteroatoms. The zero-order valence-corrected chi connectivity index (χ0v) is 22.1. The molecule has 6 nitrogen and oxygen atoms in total. The van der Waals surface area contributed by atoms with Gasteiger partial charge in [0.1, 0.15) is 18.0 Å². The smallest absolute Gasteiger partial charge is 0.326 e. The van der Waals surface area contributed by atoms with E-state index in [0.29, 0.717) is 6.54 Å². The summed E-state index contributed by atoms with van der Waals surface area (Å²) in [6.07, 6.45) is 7.04. The van der Waals surface area contributed by atoms with Gasteiger partial charge in [-0.1, -0.05) is 56.5 Å². The lowest BCUT2D eigenvalue weighted by molar-refractivity contribution is -0.155. The van der Waals surface area contributed by atoms with Crippen LogP contribution in [0.15, 0.2) is 48.5 Å². The predicted octanol–water partition coefficient (Wildman–Crippen LogP) is 6.44. The Morgan fingerprint density at radius 3 is 2.44 bits per heavy atom. The van der Waals surface area contributed by atoms with E-state index in [-0.39, 0.29) is 24.3 Å². The maximum Gasteiger partial charge on any atom is 0.326 e. The van der Waals surface area contributed by atoms with Crippen molar-refractivity contribution in [2.75, 3.05) is 4.90 Å². The van der Waals surface area contributed by atoms with Crippen LogP contribution < -0.4 is 4.90 Å². The molecule has 1 aromatic heterocycles. The van der Waals surface area contributed by atoms with E-state index in [4.69, 9.17) is 9.72 Å². The summed E-state index contributed by atoms with van der Waals surface area (Å²) in [6, 6.07) is 16.1. The molecule has 1 fully saturated rings. The molecule has 4 rings (SSSR count). The number of esters is 1. The maximum absolute atomic E-state index is 13.7. The molecule has 0 unspecified atom stereocenters. The third-order valence-electron chi connectivity index (χ3n) is 6.71. The van der Waals surface area contributed by atoms with Crippen LogP contribution in [-0.2, 0) is 33.8 Å². The predicted molar refractivity (Wildman–Crippen MR) is 144 cm³/mol. The Morgan fingerprint density at radius 2 is 1.78 bits per heavy atom. The van der Waals surface area contributed by atoms with Crippen LogP contribution in [0.1, 0.15) is 77.6 Å². The average Bonchev–Trinajstić information content (AvgIpc) is 3.18. The zero-order valence-electron chi connectivity index (χ0n) is 22.1. The number of aryl methyl sites for hydroxylation is 1. The summed E-state index contributed by atoms with van der Waals surface area (Å²) >= 11 is 0. The van der Waals surface area contributed by atoms with E-state index in [0.717, 1.165) is 66.6 Å². The van der Waals surface area contributed by atoms with Gasteiger partial charge in [-0.05, 0) is 63.8 Å². The second-order valence-electron chi connectivity index (χ2n) is 10.9. The monoisotopic (exact) mass is 489 g/mol. The third kappa shape index (κ3) is 6.34. The Labute approximate surface area is 214 Å². The lowest BCUT2D eigenvalue weighted by atomic mass is 9.88. The van der Waals surface area contributed by atoms with Gasteiger partial charge < -0.3 is 14.2 Å². The van der Waals surface area contributed by atoms with Crippen LogP contribution >= 0.6 is 0 Å². The van der Waals surface area contributed by atoms with E-state index in [2.05, 4.69) is 19.1 Å². The van der Waals surface area contributed by atoms with Crippen molar-refractivity contribution in [3.63, 3.8) is 0 Å². The molecule has 1 amide bonds. The highest BCUT2D eigenvalue weighted by atomic mass is 16.6. The number of carbonyl (C=O) groups excluding carboxylic acids is 2. The van der Waals surface area contributed by atoms with Crippen LogP contribution in [0.4, 0.5) is 5.69 Å². The molecule has 0 spiro atoms. The van der Waals surface area contributed by atoms with Crippen molar-refractivity contribution in [2.24, 2.45) is 5.92 Å². The summed E-state index contributed by atoms with van der Waals surface area (Å²) < 4.78 is 7.54. The number of amides is 1. The van der Waals surface area contributed by atoms with E-state index in [9.17, 15) is 9.59 Å². The molecule has 0 radical (unpaired) electrons. The molecule has 1 aliphatic rings. The minimum Gasteiger partial charge on any atom is -0.459 e. The molecule has 1 saturated carbocycles. The highest BCUT2D eigenvalue weighted by Crippen LogP contribution is 2.31. The van der Waals surface area contributed by atoms with Crippen LogP contribution in [0.3, 0.4) is 0 Å². The van der Waals surface area contributed by atoms with Gasteiger partial charge in [-0.3, -0.25) is 9.59 Å². The number of imidazole rings is 1. The Hall–Kier alpha value is -3.15. The molecule has 36 heavy (non-hydrogen) atoms. The summed E-state index contributed by atoms with van der Waals surface area (Å²) in [5.41, 5.74) is 3.10. The Kier molecular flexibility index (Phi) is 8.12. The van der Waals surface area contributed by atoms with Gasteiger partial charge in [0.05, 0.1) is 17.6 Å². The molecule has 0 saturated heterocycles. The van der Waals surface area contributed by atoms with Gasteiger partial charge in [-0.25, -0.2) is 4.98 Å². The fraction of sp³-hybridized carbons (Fsp3) is 0.500. The summed E-state index contributed by atoms with van der Waals surface area (Å²) in [6.45, 7) is 8.38. The second kappa shape index (κ2) is 11.3. The highest BCUT2D eigenvalue weighted by Gasteiger charge is 2.28. The first-order valence-corrected chi connectivity index (χ1v) is 13.3. The molecule has 192 valence electrons. The number of benzene rings is 2. The number of ether oxygens (including phenoxy) is 1. The number of rotatable bonds is 8. The Morgan fingerprint density at radius 1 is 1.06 bits per heavy atom. The first-order chi connectivity index (χ1) is 17.2. The van der Waals surface area contributed by atoms with Gasteiger partial charge in [0.2, 0.25) is 5.91 Å². The molecular weight excluding hydrogens is 450 g/mol. The van der Waals surface area contributed by atoms with Crippen molar-refractivity contribution in [1.29, 1.82) is 0 Å². The van der Waals surface area contributed by atoms with Gasteiger partial charge in [-0.15, -0.1) is 0 Å². The Bertz CT molecular complexity index is 1190. The van der Waals surface area contributed by atoms with Crippen LogP contribution in [0, 0.1) is 5.92 Å². The number of nitrogens with zero attached hydrogens (tertiary/aromatic N) is 3. The molecule has 0 N–H and O–H groups in total. The topological polar surface area (TPSA) is 64.4 Å². The minimum atomic E-state index is -0.539. The fourth-order valence-electron chi connectivity index (χ4n) is 5.06. The van der Waals surface area contributed by atoms with Gasteiger partial charge >= 0.3 is 5.97 Å². The molecule has 0 aliphatic heterocycles. The Balaban J connectivity index is 1.69. The SMILES string of the molecule is CCCc1nc2cc(N(Cc3ccccc3)C(=O)C3CCCCC3)ccc2n1CC(=O)OC(C)(C)C. The van der Waals surface area contributed by atoms with Gasteiger partial charge in [0.25, 0.3) is 0 Å². The molecule has 3 aromatic rings. The summed E-state index contributed by atoms with van der Waals surface area (Å²) in [5.74, 6) is 0.851.